The van der Waals surface area contributed by atoms with Crippen molar-refractivity contribution >= 4 is 5.97 Å². The summed E-state index contributed by atoms with van der Waals surface area (Å²) < 4.78 is 18.3. The summed E-state index contributed by atoms with van der Waals surface area (Å²) in [6.07, 6.45) is 2.29. The fourth-order valence-corrected chi connectivity index (χ4v) is 1.14. The summed E-state index contributed by atoms with van der Waals surface area (Å²) in [7, 11) is 0. The van der Waals surface area contributed by atoms with E-state index < -0.39 is 11.8 Å². The summed E-state index contributed by atoms with van der Waals surface area (Å²) in [6.45, 7) is 0. The molecule has 0 saturated heterocycles. The topological polar surface area (TPSA) is 72.3 Å². The molecule has 1 aromatic carbocycles. The highest BCUT2D eigenvalue weighted by atomic mass is 19.1. The van der Waals surface area contributed by atoms with Crippen LogP contribution in [0.2, 0.25) is 0 Å². The molecule has 2 aromatic rings. The number of halogens is 1. The van der Waals surface area contributed by atoms with E-state index >= 15 is 0 Å². The number of aromatic nitrogens is 2. The predicted molar refractivity (Wildman–Crippen MR) is 55.5 cm³/mol. The first-order valence-electron chi connectivity index (χ1n) is 4.64. The third-order valence-corrected chi connectivity index (χ3v) is 1.88. The lowest BCUT2D eigenvalue weighted by Crippen LogP contribution is -2.02. The van der Waals surface area contributed by atoms with Crippen molar-refractivity contribution in [1.82, 2.24) is 9.97 Å². The number of para-hydroxylation sites is 1. The molecule has 2 rings (SSSR count). The zero-order valence-electron chi connectivity index (χ0n) is 8.50. The van der Waals surface area contributed by atoms with Crippen LogP contribution in [0.3, 0.4) is 0 Å². The maximum absolute atomic E-state index is 13.2. The Kier molecular flexibility index (Phi) is 2.95. The molecule has 0 spiro atoms. The first kappa shape index (κ1) is 11.0. The van der Waals surface area contributed by atoms with Gasteiger partial charge in [-0.2, -0.15) is 0 Å². The number of rotatable bonds is 3. The third kappa shape index (κ3) is 2.54. The summed E-state index contributed by atoms with van der Waals surface area (Å²) in [5.41, 5.74) is -0.265. The number of carboxylic acids is 1. The van der Waals surface area contributed by atoms with E-state index in [0.29, 0.717) is 0 Å². The molecular weight excluding hydrogens is 227 g/mol. The Morgan fingerprint density at radius 2 is 2.06 bits per heavy atom. The van der Waals surface area contributed by atoms with Crippen molar-refractivity contribution in [2.75, 3.05) is 0 Å². The van der Waals surface area contributed by atoms with Crippen LogP contribution < -0.4 is 4.74 Å². The van der Waals surface area contributed by atoms with Crippen LogP contribution in [0.15, 0.2) is 36.7 Å². The molecule has 0 unspecified atom stereocenters. The molecule has 0 aliphatic heterocycles. The maximum atomic E-state index is 13.2. The third-order valence-electron chi connectivity index (χ3n) is 1.88. The Morgan fingerprint density at radius 3 is 2.76 bits per heavy atom. The molecule has 0 atom stereocenters. The van der Waals surface area contributed by atoms with Gasteiger partial charge in [-0.1, -0.05) is 12.1 Å². The number of aromatic carboxylic acids is 1. The summed E-state index contributed by atoms with van der Waals surface area (Å²) in [4.78, 5) is 17.9. The highest BCUT2D eigenvalue weighted by Crippen LogP contribution is 2.21. The SMILES string of the molecule is O=C(O)c1cncc(Oc2ccccc2F)n1. The largest absolute Gasteiger partial charge is 0.476 e. The lowest BCUT2D eigenvalue weighted by molar-refractivity contribution is 0.0689. The van der Waals surface area contributed by atoms with E-state index in [0.717, 1.165) is 6.20 Å². The zero-order valence-corrected chi connectivity index (χ0v) is 8.50. The second-order valence-electron chi connectivity index (χ2n) is 3.08. The highest BCUT2D eigenvalue weighted by molar-refractivity contribution is 5.84. The van der Waals surface area contributed by atoms with E-state index in [1.54, 1.807) is 6.07 Å². The van der Waals surface area contributed by atoms with Crippen LogP contribution in [0.5, 0.6) is 11.6 Å². The molecule has 0 radical (unpaired) electrons. The van der Waals surface area contributed by atoms with Crippen LogP contribution in [0.4, 0.5) is 4.39 Å². The molecule has 17 heavy (non-hydrogen) atoms. The highest BCUT2D eigenvalue weighted by Gasteiger charge is 2.09. The van der Waals surface area contributed by atoms with Gasteiger partial charge in [0.15, 0.2) is 17.3 Å². The monoisotopic (exact) mass is 234 g/mol. The minimum Gasteiger partial charge on any atom is -0.476 e. The fourth-order valence-electron chi connectivity index (χ4n) is 1.14. The van der Waals surface area contributed by atoms with Gasteiger partial charge in [0.25, 0.3) is 0 Å². The van der Waals surface area contributed by atoms with Crippen LogP contribution in [-0.4, -0.2) is 21.0 Å². The average molecular weight is 234 g/mol. The van der Waals surface area contributed by atoms with Gasteiger partial charge in [-0.15, -0.1) is 0 Å². The summed E-state index contributed by atoms with van der Waals surface area (Å²) in [5.74, 6) is -1.90. The van der Waals surface area contributed by atoms with Crippen LogP contribution in [0.1, 0.15) is 10.5 Å². The molecule has 0 aliphatic carbocycles. The van der Waals surface area contributed by atoms with Gasteiger partial charge in [-0.25, -0.2) is 14.2 Å². The van der Waals surface area contributed by atoms with Gasteiger partial charge >= 0.3 is 5.97 Å². The minimum absolute atomic E-state index is 0.0376. The molecule has 86 valence electrons. The van der Waals surface area contributed by atoms with E-state index in [1.165, 1.54) is 24.4 Å². The number of hydrogen-bond acceptors (Lipinski definition) is 4. The lowest BCUT2D eigenvalue weighted by Gasteiger charge is -2.05. The smallest absolute Gasteiger partial charge is 0.356 e. The summed E-state index contributed by atoms with van der Waals surface area (Å²) in [6, 6.07) is 5.74. The maximum Gasteiger partial charge on any atom is 0.356 e. The van der Waals surface area contributed by atoms with Gasteiger partial charge in [0.2, 0.25) is 5.88 Å². The number of carbonyl (C=O) groups is 1. The van der Waals surface area contributed by atoms with Gasteiger partial charge in [0.1, 0.15) is 0 Å². The first-order valence-corrected chi connectivity index (χ1v) is 4.64. The van der Waals surface area contributed by atoms with E-state index in [1.807, 2.05) is 0 Å². The number of nitrogens with zero attached hydrogens (tertiary/aromatic N) is 2. The normalized spacial score (nSPS) is 9.94. The van der Waals surface area contributed by atoms with Crippen LogP contribution >= 0.6 is 0 Å². The van der Waals surface area contributed by atoms with E-state index in [-0.39, 0.29) is 17.3 Å². The van der Waals surface area contributed by atoms with E-state index in [9.17, 15) is 9.18 Å². The molecule has 1 heterocycles. The van der Waals surface area contributed by atoms with E-state index in [4.69, 9.17) is 9.84 Å². The van der Waals surface area contributed by atoms with Crippen molar-refractivity contribution in [2.45, 2.75) is 0 Å². The number of benzene rings is 1. The molecule has 1 aromatic heterocycles. The zero-order chi connectivity index (χ0) is 12.3. The van der Waals surface area contributed by atoms with Crippen molar-refractivity contribution in [3.8, 4) is 11.6 Å². The molecule has 1 N–H and O–H groups in total. The molecule has 0 fully saturated rings. The molecule has 0 aliphatic rings. The lowest BCUT2D eigenvalue weighted by atomic mass is 10.3. The Labute approximate surface area is 95.5 Å². The number of hydrogen-bond donors (Lipinski definition) is 1. The average Bonchev–Trinajstić information content (AvgIpc) is 2.32. The molecule has 5 nitrogen and oxygen atoms in total. The van der Waals surface area contributed by atoms with Crippen molar-refractivity contribution in [2.24, 2.45) is 0 Å². The Morgan fingerprint density at radius 1 is 1.29 bits per heavy atom. The van der Waals surface area contributed by atoms with Crippen molar-refractivity contribution in [3.63, 3.8) is 0 Å². The van der Waals surface area contributed by atoms with Crippen LogP contribution in [-0.2, 0) is 0 Å². The summed E-state index contributed by atoms with van der Waals surface area (Å²) >= 11 is 0. The number of carboxylic acid groups (broad SMARTS) is 1. The van der Waals surface area contributed by atoms with Gasteiger partial charge in [0.05, 0.1) is 12.4 Å². The molecule has 0 amide bonds. The van der Waals surface area contributed by atoms with Crippen LogP contribution in [0.25, 0.3) is 0 Å². The molecule has 0 saturated carbocycles. The quantitative estimate of drug-likeness (QED) is 0.880. The molecule has 0 bridgehead atoms. The van der Waals surface area contributed by atoms with E-state index in [2.05, 4.69) is 9.97 Å². The van der Waals surface area contributed by atoms with Gasteiger partial charge < -0.3 is 9.84 Å². The van der Waals surface area contributed by atoms with Crippen molar-refractivity contribution < 1.29 is 19.0 Å². The van der Waals surface area contributed by atoms with Gasteiger partial charge in [-0.05, 0) is 12.1 Å². The standard InChI is InChI=1S/C11H7FN2O3/c12-7-3-1-2-4-9(7)17-10-6-13-5-8(14-10)11(15)16/h1-6H,(H,15,16). The minimum atomic E-state index is -1.23. The van der Waals surface area contributed by atoms with Gasteiger partial charge in [0, 0.05) is 0 Å². The Hall–Kier alpha value is -2.50. The Balaban J connectivity index is 2.28. The first-order chi connectivity index (χ1) is 8.16. The Bertz CT molecular complexity index is 560. The summed E-state index contributed by atoms with van der Waals surface area (Å²) in [5, 5.41) is 8.70. The van der Waals surface area contributed by atoms with Crippen molar-refractivity contribution in [3.05, 3.63) is 48.2 Å². The molecular formula is C11H7FN2O3. The van der Waals surface area contributed by atoms with Gasteiger partial charge in [-0.3, -0.25) is 4.98 Å². The predicted octanol–water partition coefficient (Wildman–Crippen LogP) is 2.11. The second-order valence-corrected chi connectivity index (χ2v) is 3.08. The fraction of sp³-hybridized carbons (Fsp3) is 0. The van der Waals surface area contributed by atoms with Crippen molar-refractivity contribution in [1.29, 1.82) is 0 Å². The van der Waals surface area contributed by atoms with Crippen LogP contribution in [0, 0.1) is 5.82 Å². The second kappa shape index (κ2) is 4.56. The molecule has 6 heteroatoms. The number of ether oxygens (including phenoxy) is 1.